The zero-order valence-electron chi connectivity index (χ0n) is 20.1. The lowest BCUT2D eigenvalue weighted by molar-refractivity contribution is -0.116. The predicted octanol–water partition coefficient (Wildman–Crippen LogP) is 4.31. The van der Waals surface area contributed by atoms with E-state index >= 15 is 0 Å². The summed E-state index contributed by atoms with van der Waals surface area (Å²) >= 11 is 0. The average Bonchev–Trinajstić information content (AvgIpc) is 3.34. The molecule has 1 aliphatic carbocycles. The Balaban J connectivity index is 1.27. The van der Waals surface area contributed by atoms with Gasteiger partial charge < -0.3 is 19.4 Å². The Morgan fingerprint density at radius 2 is 1.91 bits per heavy atom. The minimum Gasteiger partial charge on any atom is -0.447 e. The fourth-order valence-electron chi connectivity index (χ4n) is 6.92. The Bertz CT molecular complexity index is 927. The first-order valence-electron chi connectivity index (χ1n) is 12.6. The summed E-state index contributed by atoms with van der Waals surface area (Å²) < 4.78 is 19.7. The fraction of sp³-hybridized carbons (Fsp3) is 0.692. The van der Waals surface area contributed by atoms with Crippen molar-refractivity contribution in [1.29, 1.82) is 0 Å². The molecule has 1 saturated carbocycles. The monoisotopic (exact) mass is 457 g/mol. The normalized spacial score (nSPS) is 28.8. The van der Waals surface area contributed by atoms with Crippen molar-refractivity contribution in [2.24, 2.45) is 5.92 Å². The largest absolute Gasteiger partial charge is 0.447 e. The zero-order valence-corrected chi connectivity index (χ0v) is 20.1. The van der Waals surface area contributed by atoms with E-state index in [1.807, 2.05) is 23.6 Å². The smallest absolute Gasteiger partial charge is 0.410 e. The molecule has 0 N–H and O–H groups in total. The molecule has 0 radical (unpaired) electrons. The summed E-state index contributed by atoms with van der Waals surface area (Å²) in [6.45, 7) is 8.74. The molecule has 0 bridgehead atoms. The Morgan fingerprint density at radius 1 is 1.15 bits per heavy atom. The van der Waals surface area contributed by atoms with Crippen LogP contribution >= 0.6 is 0 Å². The Hall–Kier alpha value is -2.15. The lowest BCUT2D eigenvalue weighted by Crippen LogP contribution is -2.49. The van der Waals surface area contributed by atoms with Crippen LogP contribution in [0.15, 0.2) is 18.2 Å². The number of ether oxygens (including phenoxy) is 1. The second-order valence-electron chi connectivity index (χ2n) is 10.8. The van der Waals surface area contributed by atoms with Gasteiger partial charge in [-0.1, -0.05) is 0 Å². The number of nitrogens with zero attached hydrogens (tertiary/aromatic N) is 3. The van der Waals surface area contributed by atoms with Gasteiger partial charge in [0.15, 0.2) is 0 Å². The van der Waals surface area contributed by atoms with Crippen LogP contribution in [0, 0.1) is 11.7 Å². The third kappa shape index (κ3) is 4.02. The standard InChI is InChI=1S/C26H36FN3O3/c1-17(2)33-25(32)29-10-4-5-19-13-21(15-24(19)29)28-11-8-26(9-12-28)16-30(18(3)31)23-7-6-20(27)14-22(23)26/h6-7,14,17,19,21,24H,4-5,8-13,15-16H2,1-3H3. The number of benzene rings is 1. The topological polar surface area (TPSA) is 53.1 Å². The van der Waals surface area contributed by atoms with Crippen molar-refractivity contribution >= 4 is 17.7 Å². The van der Waals surface area contributed by atoms with Crippen molar-refractivity contribution < 1.29 is 18.7 Å². The number of halogens is 1. The van der Waals surface area contributed by atoms with Crippen molar-refractivity contribution in [3.8, 4) is 0 Å². The first-order valence-corrected chi connectivity index (χ1v) is 12.6. The second kappa shape index (κ2) is 8.57. The van der Waals surface area contributed by atoms with E-state index in [0.29, 0.717) is 18.5 Å². The van der Waals surface area contributed by atoms with Crippen LogP contribution in [0.4, 0.5) is 14.9 Å². The number of hydrogen-bond acceptors (Lipinski definition) is 4. The number of hydrogen-bond donors (Lipinski definition) is 0. The van der Waals surface area contributed by atoms with Gasteiger partial charge in [0, 0.05) is 43.2 Å². The Kier molecular flexibility index (Phi) is 5.88. The van der Waals surface area contributed by atoms with E-state index in [2.05, 4.69) is 4.90 Å². The molecular weight excluding hydrogens is 421 g/mol. The van der Waals surface area contributed by atoms with Crippen LogP contribution in [0.3, 0.4) is 0 Å². The molecule has 3 atom stereocenters. The van der Waals surface area contributed by atoms with Crippen LogP contribution in [0.25, 0.3) is 0 Å². The molecule has 33 heavy (non-hydrogen) atoms. The van der Waals surface area contributed by atoms with Crippen LogP contribution in [-0.4, -0.2) is 66.2 Å². The number of carbonyl (C=O) groups excluding carboxylic acids is 2. The predicted molar refractivity (Wildman–Crippen MR) is 125 cm³/mol. The van der Waals surface area contributed by atoms with Crippen molar-refractivity contribution in [3.05, 3.63) is 29.6 Å². The summed E-state index contributed by atoms with van der Waals surface area (Å²) in [4.78, 5) is 31.3. The van der Waals surface area contributed by atoms with Crippen LogP contribution in [0.2, 0.25) is 0 Å². The number of likely N-dealkylation sites (tertiary alicyclic amines) is 2. The van der Waals surface area contributed by atoms with Gasteiger partial charge in [-0.3, -0.25) is 4.79 Å². The molecule has 1 aromatic carbocycles. The molecule has 4 aliphatic rings. The number of anilines is 1. The Morgan fingerprint density at radius 3 is 2.61 bits per heavy atom. The molecular formula is C26H36FN3O3. The number of carbonyl (C=O) groups is 2. The lowest BCUT2D eigenvalue weighted by atomic mass is 9.74. The molecule has 1 spiro atoms. The molecule has 5 rings (SSSR count). The van der Waals surface area contributed by atoms with E-state index in [-0.39, 0.29) is 35.4 Å². The van der Waals surface area contributed by atoms with Crippen LogP contribution in [-0.2, 0) is 14.9 Å². The minimum absolute atomic E-state index is 0.0235. The average molecular weight is 458 g/mol. The molecule has 6 nitrogen and oxygen atoms in total. The highest BCUT2D eigenvalue weighted by atomic mass is 19.1. The summed E-state index contributed by atoms with van der Waals surface area (Å²) in [7, 11) is 0. The maximum Gasteiger partial charge on any atom is 0.410 e. The van der Waals surface area contributed by atoms with Crippen LogP contribution < -0.4 is 4.90 Å². The summed E-state index contributed by atoms with van der Waals surface area (Å²) in [6.07, 6.45) is 5.98. The Labute approximate surface area is 196 Å². The maximum atomic E-state index is 14.1. The number of rotatable bonds is 2. The molecule has 1 aromatic rings. The van der Waals surface area contributed by atoms with E-state index in [1.54, 1.807) is 19.1 Å². The van der Waals surface area contributed by atoms with Gasteiger partial charge in [0.25, 0.3) is 0 Å². The van der Waals surface area contributed by atoms with Crippen LogP contribution in [0.1, 0.15) is 64.9 Å². The highest BCUT2D eigenvalue weighted by Gasteiger charge is 2.49. The molecule has 3 fully saturated rings. The highest BCUT2D eigenvalue weighted by Crippen LogP contribution is 2.49. The van der Waals surface area contributed by atoms with Gasteiger partial charge in [-0.25, -0.2) is 9.18 Å². The van der Waals surface area contributed by atoms with E-state index in [1.165, 1.54) is 12.5 Å². The van der Waals surface area contributed by atoms with E-state index < -0.39 is 0 Å². The van der Waals surface area contributed by atoms with Gasteiger partial charge in [0.05, 0.1) is 6.10 Å². The molecule has 3 aliphatic heterocycles. The molecule has 180 valence electrons. The van der Waals surface area contributed by atoms with Gasteiger partial charge in [-0.2, -0.15) is 0 Å². The molecule has 2 saturated heterocycles. The highest BCUT2D eigenvalue weighted by molar-refractivity contribution is 5.94. The molecule has 3 unspecified atom stereocenters. The molecule has 7 heteroatoms. The van der Waals surface area contributed by atoms with Gasteiger partial charge in [0.2, 0.25) is 5.91 Å². The summed E-state index contributed by atoms with van der Waals surface area (Å²) in [6, 6.07) is 5.62. The zero-order chi connectivity index (χ0) is 23.3. The molecule has 0 aromatic heterocycles. The first-order chi connectivity index (χ1) is 15.8. The molecule has 2 amide bonds. The SMILES string of the molecule is CC(=O)N1CC2(CCN(C3CC4CCCN(C(=O)OC(C)C)C4C3)CC2)c2cc(F)ccc21. The van der Waals surface area contributed by atoms with E-state index in [9.17, 15) is 14.0 Å². The maximum absolute atomic E-state index is 14.1. The van der Waals surface area contributed by atoms with Crippen molar-refractivity contribution in [2.45, 2.75) is 82.9 Å². The molecule has 3 heterocycles. The van der Waals surface area contributed by atoms with E-state index in [0.717, 1.165) is 63.0 Å². The minimum atomic E-state index is -0.228. The second-order valence-corrected chi connectivity index (χ2v) is 10.8. The van der Waals surface area contributed by atoms with Gasteiger partial charge in [-0.15, -0.1) is 0 Å². The summed E-state index contributed by atoms with van der Waals surface area (Å²) in [5.74, 6) is 0.346. The van der Waals surface area contributed by atoms with Gasteiger partial charge in [0.1, 0.15) is 5.82 Å². The third-order valence-corrected chi connectivity index (χ3v) is 8.51. The quantitative estimate of drug-likeness (QED) is 0.664. The summed E-state index contributed by atoms with van der Waals surface area (Å²) in [5.41, 5.74) is 1.72. The number of amides is 2. The van der Waals surface area contributed by atoms with Gasteiger partial charge in [-0.05, 0) is 95.1 Å². The third-order valence-electron chi connectivity index (χ3n) is 8.51. The van der Waals surface area contributed by atoms with E-state index in [4.69, 9.17) is 4.74 Å². The van der Waals surface area contributed by atoms with Gasteiger partial charge >= 0.3 is 6.09 Å². The van der Waals surface area contributed by atoms with Crippen molar-refractivity contribution in [3.63, 3.8) is 0 Å². The van der Waals surface area contributed by atoms with Crippen molar-refractivity contribution in [1.82, 2.24) is 9.80 Å². The van der Waals surface area contributed by atoms with Crippen molar-refractivity contribution in [2.75, 3.05) is 31.1 Å². The van der Waals surface area contributed by atoms with Crippen LogP contribution in [0.5, 0.6) is 0 Å². The lowest BCUT2D eigenvalue weighted by Gasteiger charge is -2.42. The number of fused-ring (bicyclic) bond motifs is 3. The first kappa shape index (κ1) is 22.6. The fourth-order valence-corrected chi connectivity index (χ4v) is 6.92. The summed E-state index contributed by atoms with van der Waals surface area (Å²) in [5, 5.41) is 0. The number of piperidine rings is 2.